The van der Waals surface area contributed by atoms with Gasteiger partial charge in [0.2, 0.25) is 0 Å². The molecule has 0 unspecified atom stereocenters. The van der Waals surface area contributed by atoms with Gasteiger partial charge in [0.15, 0.2) is 5.89 Å². The summed E-state index contributed by atoms with van der Waals surface area (Å²) in [6.07, 6.45) is 0.750. The van der Waals surface area contributed by atoms with Crippen molar-refractivity contribution in [1.29, 1.82) is 0 Å². The monoisotopic (exact) mass is 237 g/mol. The van der Waals surface area contributed by atoms with Gasteiger partial charge in [-0.15, -0.1) is 0 Å². The van der Waals surface area contributed by atoms with Crippen molar-refractivity contribution in [3.05, 3.63) is 34.9 Å². The molecule has 16 heavy (non-hydrogen) atoms. The van der Waals surface area contributed by atoms with Gasteiger partial charge in [0.05, 0.1) is 5.02 Å². The summed E-state index contributed by atoms with van der Waals surface area (Å²) in [7, 11) is 0. The number of hydrogen-bond donors (Lipinski definition) is 1. The maximum absolute atomic E-state index is 9.53. The Bertz CT molecular complexity index is 520. The highest BCUT2D eigenvalue weighted by molar-refractivity contribution is 6.32. The van der Waals surface area contributed by atoms with E-state index in [0.29, 0.717) is 10.9 Å². The molecule has 0 atom stereocenters. The molecule has 0 aliphatic carbocycles. The van der Waals surface area contributed by atoms with Crippen LogP contribution < -0.4 is 0 Å². The second-order valence-electron chi connectivity index (χ2n) is 3.53. The van der Waals surface area contributed by atoms with Crippen molar-refractivity contribution in [3.63, 3.8) is 0 Å². The molecule has 3 nitrogen and oxygen atoms in total. The Balaban J connectivity index is 2.49. The van der Waals surface area contributed by atoms with E-state index < -0.39 is 0 Å². The number of rotatable bonds is 2. The zero-order chi connectivity index (χ0) is 11.7. The summed E-state index contributed by atoms with van der Waals surface area (Å²) in [4.78, 5) is 4.35. The van der Waals surface area contributed by atoms with Gasteiger partial charge in [0.1, 0.15) is 17.2 Å². The molecule has 0 radical (unpaired) electrons. The van der Waals surface area contributed by atoms with Crippen LogP contribution >= 0.6 is 11.6 Å². The van der Waals surface area contributed by atoms with E-state index in [1.807, 2.05) is 19.9 Å². The fraction of sp³-hybridized carbons (Fsp3) is 0.250. The van der Waals surface area contributed by atoms with Gasteiger partial charge in [-0.25, -0.2) is 4.98 Å². The molecule has 84 valence electrons. The number of phenols is 1. The molecule has 1 heterocycles. The molecule has 0 aliphatic rings. The zero-order valence-corrected chi connectivity index (χ0v) is 9.88. The number of oxazole rings is 1. The summed E-state index contributed by atoms with van der Waals surface area (Å²) in [6, 6.07) is 5.05. The minimum atomic E-state index is 0.0552. The minimum absolute atomic E-state index is 0.0552. The van der Waals surface area contributed by atoms with Crippen molar-refractivity contribution in [1.82, 2.24) is 4.98 Å². The van der Waals surface area contributed by atoms with Crippen molar-refractivity contribution in [3.8, 4) is 17.0 Å². The van der Waals surface area contributed by atoms with Gasteiger partial charge >= 0.3 is 0 Å². The molecule has 0 spiro atoms. The van der Waals surface area contributed by atoms with Crippen molar-refractivity contribution in [2.24, 2.45) is 0 Å². The first-order valence-electron chi connectivity index (χ1n) is 5.07. The number of aromatic hydroxyl groups is 1. The van der Waals surface area contributed by atoms with E-state index >= 15 is 0 Å². The van der Waals surface area contributed by atoms with Gasteiger partial charge in [-0.3, -0.25) is 0 Å². The third-order valence-electron chi connectivity index (χ3n) is 2.36. The molecule has 1 aromatic carbocycles. The lowest BCUT2D eigenvalue weighted by Gasteiger charge is -2.00. The Morgan fingerprint density at radius 1 is 1.44 bits per heavy atom. The Morgan fingerprint density at radius 3 is 2.75 bits per heavy atom. The van der Waals surface area contributed by atoms with Gasteiger partial charge in [-0.2, -0.15) is 0 Å². The van der Waals surface area contributed by atoms with Gasteiger partial charge in [-0.1, -0.05) is 24.6 Å². The average Bonchev–Trinajstić information content (AvgIpc) is 2.64. The fourth-order valence-corrected chi connectivity index (χ4v) is 1.65. The Labute approximate surface area is 98.7 Å². The molecular weight excluding hydrogens is 226 g/mol. The smallest absolute Gasteiger partial charge is 0.194 e. The molecule has 0 bridgehead atoms. The van der Waals surface area contributed by atoms with Crippen LogP contribution in [0, 0.1) is 6.92 Å². The van der Waals surface area contributed by atoms with Crippen LogP contribution in [0.15, 0.2) is 22.6 Å². The molecule has 0 amide bonds. The lowest BCUT2D eigenvalue weighted by atomic mass is 10.1. The van der Waals surface area contributed by atoms with Crippen LogP contribution in [0.3, 0.4) is 0 Å². The van der Waals surface area contributed by atoms with Crippen LogP contribution in [-0.2, 0) is 6.42 Å². The van der Waals surface area contributed by atoms with Gasteiger partial charge in [0.25, 0.3) is 0 Å². The van der Waals surface area contributed by atoms with Crippen molar-refractivity contribution >= 4 is 11.6 Å². The highest BCUT2D eigenvalue weighted by Crippen LogP contribution is 2.30. The van der Waals surface area contributed by atoms with E-state index in [0.717, 1.165) is 23.4 Å². The standard InChI is InChI=1S/C12H12ClNO2/c1-3-11-14-12(7(2)16-11)8-4-5-9(13)10(15)6-8/h4-6,15H,3H2,1-2H3. The molecule has 2 aromatic rings. The third kappa shape index (κ3) is 1.91. The molecule has 1 N–H and O–H groups in total. The maximum atomic E-state index is 9.53. The Hall–Kier alpha value is -1.48. The number of benzene rings is 1. The number of aryl methyl sites for hydroxylation is 2. The molecule has 1 aromatic heterocycles. The molecule has 0 saturated carbocycles. The highest BCUT2D eigenvalue weighted by Gasteiger charge is 2.11. The molecule has 0 saturated heterocycles. The normalized spacial score (nSPS) is 10.7. The quantitative estimate of drug-likeness (QED) is 0.869. The van der Waals surface area contributed by atoms with E-state index in [9.17, 15) is 5.11 Å². The van der Waals surface area contributed by atoms with Crippen molar-refractivity contribution in [2.75, 3.05) is 0 Å². The SMILES string of the molecule is CCc1nc(-c2ccc(Cl)c(O)c2)c(C)o1. The molecule has 0 fully saturated rings. The summed E-state index contributed by atoms with van der Waals surface area (Å²) < 4.78 is 5.46. The first kappa shape index (κ1) is 11.0. The summed E-state index contributed by atoms with van der Waals surface area (Å²) in [5.74, 6) is 1.50. The Kier molecular flexibility index (Phi) is 2.88. The highest BCUT2D eigenvalue weighted by atomic mass is 35.5. The third-order valence-corrected chi connectivity index (χ3v) is 2.68. The van der Waals surface area contributed by atoms with Crippen LogP contribution in [0.2, 0.25) is 5.02 Å². The van der Waals surface area contributed by atoms with Crippen LogP contribution in [0.5, 0.6) is 5.75 Å². The number of phenolic OH excluding ortho intramolecular Hbond substituents is 1. The number of halogens is 1. The second kappa shape index (κ2) is 4.18. The number of nitrogens with zero attached hydrogens (tertiary/aromatic N) is 1. The summed E-state index contributed by atoms with van der Waals surface area (Å²) in [5, 5.41) is 9.86. The average molecular weight is 238 g/mol. The maximum Gasteiger partial charge on any atom is 0.194 e. The van der Waals surface area contributed by atoms with E-state index in [-0.39, 0.29) is 5.75 Å². The first-order chi connectivity index (χ1) is 7.61. The second-order valence-corrected chi connectivity index (χ2v) is 3.94. The molecule has 2 rings (SSSR count). The van der Waals surface area contributed by atoms with Gasteiger partial charge < -0.3 is 9.52 Å². The van der Waals surface area contributed by atoms with Gasteiger partial charge in [-0.05, 0) is 19.1 Å². The van der Waals surface area contributed by atoms with Crippen LogP contribution in [0.25, 0.3) is 11.3 Å². The molecule has 4 heteroatoms. The lowest BCUT2D eigenvalue weighted by Crippen LogP contribution is -1.82. The van der Waals surface area contributed by atoms with Crippen molar-refractivity contribution in [2.45, 2.75) is 20.3 Å². The van der Waals surface area contributed by atoms with Crippen molar-refractivity contribution < 1.29 is 9.52 Å². The van der Waals surface area contributed by atoms with E-state index in [1.54, 1.807) is 12.1 Å². The van der Waals surface area contributed by atoms with Crippen LogP contribution in [-0.4, -0.2) is 10.1 Å². The van der Waals surface area contributed by atoms with E-state index in [1.165, 1.54) is 0 Å². The predicted molar refractivity (Wildman–Crippen MR) is 62.7 cm³/mol. The summed E-state index contributed by atoms with van der Waals surface area (Å²) in [6.45, 7) is 3.83. The number of aromatic nitrogens is 1. The Morgan fingerprint density at radius 2 is 2.19 bits per heavy atom. The fourth-order valence-electron chi connectivity index (χ4n) is 1.53. The predicted octanol–water partition coefficient (Wildman–Crippen LogP) is 3.57. The van der Waals surface area contributed by atoms with Gasteiger partial charge in [0, 0.05) is 12.0 Å². The minimum Gasteiger partial charge on any atom is -0.506 e. The summed E-state index contributed by atoms with van der Waals surface area (Å²) in [5.41, 5.74) is 1.56. The first-order valence-corrected chi connectivity index (χ1v) is 5.44. The van der Waals surface area contributed by atoms with Crippen LogP contribution in [0.1, 0.15) is 18.6 Å². The lowest BCUT2D eigenvalue weighted by molar-refractivity contribution is 0.475. The van der Waals surface area contributed by atoms with E-state index in [4.69, 9.17) is 16.0 Å². The zero-order valence-electron chi connectivity index (χ0n) is 9.12. The topological polar surface area (TPSA) is 46.3 Å². The molecular formula is C12H12ClNO2. The van der Waals surface area contributed by atoms with E-state index in [2.05, 4.69) is 4.98 Å². The van der Waals surface area contributed by atoms with Crippen LogP contribution in [0.4, 0.5) is 0 Å². The number of hydrogen-bond acceptors (Lipinski definition) is 3. The molecule has 0 aliphatic heterocycles. The largest absolute Gasteiger partial charge is 0.506 e. The summed E-state index contributed by atoms with van der Waals surface area (Å²) >= 11 is 5.75.